The lowest BCUT2D eigenvalue weighted by molar-refractivity contribution is -0.154. The average molecular weight is 490 g/mol. The lowest BCUT2D eigenvalue weighted by Gasteiger charge is -2.14. The Bertz CT molecular complexity index is 1670. The fourth-order valence-electron chi connectivity index (χ4n) is 3.70. The molecule has 180 valence electrons. The molecule has 0 fully saturated rings. The van der Waals surface area contributed by atoms with E-state index < -0.39 is 34.7 Å². The molecule has 8 heteroatoms. The molecule has 4 aromatic carbocycles. The Hall–Kier alpha value is -4.59. The van der Waals surface area contributed by atoms with Crippen molar-refractivity contribution in [3.05, 3.63) is 112 Å². The second kappa shape index (κ2) is 8.88. The molecule has 0 atom stereocenters. The van der Waals surface area contributed by atoms with Crippen LogP contribution >= 0.6 is 0 Å². The van der Waals surface area contributed by atoms with Crippen molar-refractivity contribution in [2.75, 3.05) is 0 Å². The summed E-state index contributed by atoms with van der Waals surface area (Å²) in [6.45, 7) is 1.86. The van der Waals surface area contributed by atoms with E-state index in [-0.39, 0.29) is 22.4 Å². The molecule has 1 aromatic heterocycles. The molecule has 5 nitrogen and oxygen atoms in total. The predicted molar refractivity (Wildman–Crippen MR) is 128 cm³/mol. The van der Waals surface area contributed by atoms with E-state index in [4.69, 9.17) is 13.9 Å². The van der Waals surface area contributed by atoms with Crippen LogP contribution in [0.1, 0.15) is 21.7 Å². The van der Waals surface area contributed by atoms with E-state index >= 15 is 0 Å². The van der Waals surface area contributed by atoms with Gasteiger partial charge in [0.2, 0.25) is 11.2 Å². The Kier molecular flexibility index (Phi) is 5.72. The van der Waals surface area contributed by atoms with Crippen molar-refractivity contribution >= 4 is 27.7 Å². The summed E-state index contributed by atoms with van der Waals surface area (Å²) < 4.78 is 57.4. The van der Waals surface area contributed by atoms with Gasteiger partial charge in [0, 0.05) is 6.07 Å². The number of hydrogen-bond acceptors (Lipinski definition) is 5. The van der Waals surface area contributed by atoms with Gasteiger partial charge >= 0.3 is 12.1 Å². The molecule has 0 amide bonds. The highest BCUT2D eigenvalue weighted by molar-refractivity contribution is 5.91. The first-order chi connectivity index (χ1) is 17.2. The van der Waals surface area contributed by atoms with Gasteiger partial charge in [-0.25, -0.2) is 4.79 Å². The van der Waals surface area contributed by atoms with Gasteiger partial charge in [0.1, 0.15) is 17.1 Å². The number of carbonyl (C=O) groups excluding carboxylic acids is 1. The van der Waals surface area contributed by atoms with Gasteiger partial charge in [-0.3, -0.25) is 4.79 Å². The summed E-state index contributed by atoms with van der Waals surface area (Å²) >= 11 is 0. The van der Waals surface area contributed by atoms with Crippen molar-refractivity contribution in [3.8, 4) is 17.2 Å². The number of carbonyl (C=O) groups is 1. The molecular formula is C28H17F3O5. The molecule has 0 saturated carbocycles. The fourth-order valence-corrected chi connectivity index (χ4v) is 3.70. The van der Waals surface area contributed by atoms with E-state index in [0.29, 0.717) is 0 Å². The first-order valence-corrected chi connectivity index (χ1v) is 10.8. The molecular weight excluding hydrogens is 473 g/mol. The van der Waals surface area contributed by atoms with Crippen LogP contribution in [0.3, 0.4) is 0 Å². The molecule has 5 aromatic rings. The summed E-state index contributed by atoms with van der Waals surface area (Å²) in [4.78, 5) is 25.4. The Morgan fingerprint density at radius 2 is 1.53 bits per heavy atom. The topological polar surface area (TPSA) is 65.7 Å². The third kappa shape index (κ3) is 4.53. The molecule has 0 unspecified atom stereocenters. The van der Waals surface area contributed by atoms with Crippen LogP contribution in [0.5, 0.6) is 17.2 Å². The second-order valence-corrected chi connectivity index (χ2v) is 8.11. The summed E-state index contributed by atoms with van der Waals surface area (Å²) in [7, 11) is 0. The van der Waals surface area contributed by atoms with Crippen LogP contribution in [0.2, 0.25) is 0 Å². The molecule has 0 aliphatic heterocycles. The maximum Gasteiger partial charge on any atom is 0.453 e. The van der Waals surface area contributed by atoms with E-state index in [0.717, 1.165) is 22.4 Å². The van der Waals surface area contributed by atoms with E-state index in [1.54, 1.807) is 42.5 Å². The molecule has 0 bridgehead atoms. The number of rotatable bonds is 4. The van der Waals surface area contributed by atoms with Crippen LogP contribution in [0, 0.1) is 6.92 Å². The maximum absolute atomic E-state index is 13.9. The van der Waals surface area contributed by atoms with E-state index in [1.807, 2.05) is 19.1 Å². The molecule has 36 heavy (non-hydrogen) atoms. The number of alkyl halides is 3. The van der Waals surface area contributed by atoms with Gasteiger partial charge in [-0.1, -0.05) is 48.0 Å². The molecule has 1 heterocycles. The van der Waals surface area contributed by atoms with Gasteiger partial charge in [0.05, 0.1) is 10.9 Å². The molecule has 0 aliphatic carbocycles. The second-order valence-electron chi connectivity index (χ2n) is 8.11. The minimum Gasteiger partial charge on any atom is -0.449 e. The zero-order valence-corrected chi connectivity index (χ0v) is 18.8. The number of halogens is 3. The fraction of sp³-hybridized carbons (Fsp3) is 0.0714. The predicted octanol–water partition coefficient (Wildman–Crippen LogP) is 7.28. The Morgan fingerprint density at radius 3 is 2.25 bits per heavy atom. The lowest BCUT2D eigenvalue weighted by atomic mass is 10.1. The summed E-state index contributed by atoms with van der Waals surface area (Å²) in [6.07, 6.45) is -5.02. The molecule has 0 aliphatic rings. The van der Waals surface area contributed by atoms with Crippen LogP contribution in [0.4, 0.5) is 13.2 Å². The molecule has 0 spiro atoms. The van der Waals surface area contributed by atoms with Crippen LogP contribution in [0.15, 0.2) is 94.1 Å². The monoisotopic (exact) mass is 490 g/mol. The molecule has 0 saturated heterocycles. The summed E-state index contributed by atoms with van der Waals surface area (Å²) in [5.41, 5.74) is -0.196. The average Bonchev–Trinajstić information content (AvgIpc) is 2.85. The molecule has 0 N–H and O–H groups in total. The Balaban J connectivity index is 1.54. The standard InChI is InChI=1S/C28H17F3O5/c1-16-6-8-18(9-7-16)27(33)35-21-12-13-22-23(15-21)36-26(28(29,30)31)25(24(22)32)34-20-11-10-17-4-2-3-5-19(17)14-20/h2-15H,1H3. The van der Waals surface area contributed by atoms with Gasteiger partial charge in [0.15, 0.2) is 0 Å². The van der Waals surface area contributed by atoms with Crippen molar-refractivity contribution in [2.24, 2.45) is 0 Å². The lowest BCUT2D eigenvalue weighted by Crippen LogP contribution is -2.15. The zero-order chi connectivity index (χ0) is 25.4. The van der Waals surface area contributed by atoms with Crippen molar-refractivity contribution in [1.29, 1.82) is 0 Å². The maximum atomic E-state index is 13.9. The van der Waals surface area contributed by atoms with Crippen LogP contribution < -0.4 is 14.9 Å². The van der Waals surface area contributed by atoms with Crippen LogP contribution in [-0.4, -0.2) is 5.97 Å². The minimum atomic E-state index is -5.02. The van der Waals surface area contributed by atoms with Crippen LogP contribution in [0.25, 0.3) is 21.7 Å². The van der Waals surface area contributed by atoms with Crippen molar-refractivity contribution in [1.82, 2.24) is 0 Å². The van der Waals surface area contributed by atoms with Crippen LogP contribution in [-0.2, 0) is 6.18 Å². The quantitative estimate of drug-likeness (QED) is 0.196. The third-order valence-corrected chi connectivity index (χ3v) is 5.52. The summed E-state index contributed by atoms with van der Waals surface area (Å²) in [5.74, 6) is -3.30. The van der Waals surface area contributed by atoms with Crippen molar-refractivity contribution in [3.63, 3.8) is 0 Å². The number of ether oxygens (including phenoxy) is 2. The highest BCUT2D eigenvalue weighted by Gasteiger charge is 2.40. The third-order valence-electron chi connectivity index (χ3n) is 5.52. The molecule has 0 radical (unpaired) electrons. The highest BCUT2D eigenvalue weighted by atomic mass is 19.4. The number of hydrogen-bond donors (Lipinski definition) is 0. The largest absolute Gasteiger partial charge is 0.453 e. The SMILES string of the molecule is Cc1ccc(C(=O)Oc2ccc3c(=O)c(Oc4ccc5ccccc5c4)c(C(F)(F)F)oc3c2)cc1. The first-order valence-electron chi connectivity index (χ1n) is 10.8. The van der Waals surface area contributed by atoms with Gasteiger partial charge in [0.25, 0.3) is 5.76 Å². The van der Waals surface area contributed by atoms with E-state index in [1.165, 1.54) is 24.3 Å². The van der Waals surface area contributed by atoms with Gasteiger partial charge in [-0.2, -0.15) is 13.2 Å². The summed E-state index contributed by atoms with van der Waals surface area (Å²) in [5, 5.41) is 1.43. The number of fused-ring (bicyclic) bond motifs is 2. The van der Waals surface area contributed by atoms with E-state index in [9.17, 15) is 22.8 Å². The normalized spacial score (nSPS) is 11.6. The number of aryl methyl sites for hydroxylation is 1. The zero-order valence-electron chi connectivity index (χ0n) is 18.8. The smallest absolute Gasteiger partial charge is 0.449 e. The Labute approximate surface area is 202 Å². The van der Waals surface area contributed by atoms with Gasteiger partial charge in [-0.15, -0.1) is 0 Å². The first kappa shape index (κ1) is 23.2. The highest BCUT2D eigenvalue weighted by Crippen LogP contribution is 2.39. The van der Waals surface area contributed by atoms with Gasteiger partial charge < -0.3 is 13.9 Å². The van der Waals surface area contributed by atoms with Gasteiger partial charge in [-0.05, 0) is 54.1 Å². The van der Waals surface area contributed by atoms with Crippen molar-refractivity contribution in [2.45, 2.75) is 13.1 Å². The minimum absolute atomic E-state index is 0.0505. The molecule has 5 rings (SSSR count). The number of esters is 1. The number of benzene rings is 4. The van der Waals surface area contributed by atoms with E-state index in [2.05, 4.69) is 0 Å². The Morgan fingerprint density at radius 1 is 0.833 bits per heavy atom. The summed E-state index contributed by atoms with van der Waals surface area (Å²) in [6, 6.07) is 22.1. The van der Waals surface area contributed by atoms with Crippen molar-refractivity contribution < 1.29 is 31.9 Å².